The molecule has 0 radical (unpaired) electrons. The monoisotopic (exact) mass is 159 g/mol. The minimum Gasteiger partial charge on any atom is -0.392 e. The normalized spacial score (nSPS) is 18.9. The fraction of sp³-hybridized carbons (Fsp3) is 0.750. The molecule has 0 amide bonds. The molecule has 0 saturated carbocycles. The second-order valence-corrected chi connectivity index (χ2v) is 2.70. The van der Waals surface area contributed by atoms with Gasteiger partial charge in [0, 0.05) is 6.54 Å². The Hall–Kier alpha value is -0.380. The zero-order valence-corrected chi connectivity index (χ0v) is 7.12. The minimum atomic E-state index is -0.546. The van der Waals surface area contributed by atoms with Crippen LogP contribution in [0.3, 0.4) is 0 Å². The third-order valence-electron chi connectivity index (χ3n) is 1.54. The highest BCUT2D eigenvalue weighted by Crippen LogP contribution is 1.98. The van der Waals surface area contributed by atoms with E-state index in [4.69, 9.17) is 10.2 Å². The van der Waals surface area contributed by atoms with Crippen LogP contribution in [0.25, 0.3) is 0 Å². The molecule has 2 atom stereocenters. The van der Waals surface area contributed by atoms with Gasteiger partial charge in [0.15, 0.2) is 0 Å². The van der Waals surface area contributed by atoms with Crippen LogP contribution in [-0.4, -0.2) is 35.0 Å². The van der Waals surface area contributed by atoms with Crippen molar-refractivity contribution in [1.29, 1.82) is 0 Å². The summed E-state index contributed by atoms with van der Waals surface area (Å²) in [6.45, 7) is 7.42. The average Bonchev–Trinajstić information content (AvgIpc) is 1.87. The van der Waals surface area contributed by atoms with Crippen LogP contribution in [0.15, 0.2) is 12.7 Å². The van der Waals surface area contributed by atoms with Gasteiger partial charge < -0.3 is 15.5 Å². The van der Waals surface area contributed by atoms with Crippen molar-refractivity contribution in [2.24, 2.45) is 0 Å². The summed E-state index contributed by atoms with van der Waals surface area (Å²) in [5.74, 6) is 0. The first-order valence-corrected chi connectivity index (χ1v) is 3.80. The smallest absolute Gasteiger partial charge is 0.0690 e. The summed E-state index contributed by atoms with van der Waals surface area (Å²) < 4.78 is 0. The Labute approximate surface area is 67.7 Å². The highest BCUT2D eigenvalue weighted by molar-refractivity contribution is 4.81. The van der Waals surface area contributed by atoms with Crippen LogP contribution in [-0.2, 0) is 0 Å². The van der Waals surface area contributed by atoms with Crippen LogP contribution in [0.5, 0.6) is 0 Å². The van der Waals surface area contributed by atoms with Gasteiger partial charge in [0.05, 0.1) is 18.2 Å². The summed E-state index contributed by atoms with van der Waals surface area (Å²) in [5, 5.41) is 21.3. The Morgan fingerprint density at radius 2 is 1.82 bits per heavy atom. The van der Waals surface area contributed by atoms with E-state index in [1.54, 1.807) is 19.9 Å². The summed E-state index contributed by atoms with van der Waals surface area (Å²) in [6, 6.07) is -0.270. The van der Waals surface area contributed by atoms with Crippen molar-refractivity contribution in [3.05, 3.63) is 12.7 Å². The Bertz CT molecular complexity index is 105. The first-order valence-electron chi connectivity index (χ1n) is 3.80. The van der Waals surface area contributed by atoms with E-state index >= 15 is 0 Å². The lowest BCUT2D eigenvalue weighted by molar-refractivity contribution is 0.0588. The van der Waals surface area contributed by atoms with Gasteiger partial charge in [0.25, 0.3) is 0 Å². The second kappa shape index (κ2) is 5.29. The van der Waals surface area contributed by atoms with E-state index in [1.807, 2.05) is 0 Å². The SMILES string of the molecule is C=CCNC(C(C)O)C(C)O. The molecule has 0 aliphatic rings. The summed E-state index contributed by atoms with van der Waals surface area (Å²) in [4.78, 5) is 0. The Balaban J connectivity index is 3.79. The molecule has 3 N–H and O–H groups in total. The molecule has 0 bridgehead atoms. The molecule has 0 aromatic rings. The molecule has 0 aliphatic heterocycles. The molecular weight excluding hydrogens is 142 g/mol. The molecule has 0 aliphatic carbocycles. The van der Waals surface area contributed by atoms with Gasteiger partial charge in [-0.1, -0.05) is 6.08 Å². The predicted molar refractivity (Wildman–Crippen MR) is 45.3 cm³/mol. The summed E-state index contributed by atoms with van der Waals surface area (Å²) in [7, 11) is 0. The van der Waals surface area contributed by atoms with Gasteiger partial charge in [-0.2, -0.15) is 0 Å². The van der Waals surface area contributed by atoms with E-state index in [9.17, 15) is 0 Å². The van der Waals surface area contributed by atoms with Crippen LogP contribution < -0.4 is 5.32 Å². The van der Waals surface area contributed by atoms with Crippen molar-refractivity contribution in [1.82, 2.24) is 5.32 Å². The number of aliphatic hydroxyl groups excluding tert-OH is 2. The third-order valence-corrected chi connectivity index (χ3v) is 1.54. The zero-order valence-electron chi connectivity index (χ0n) is 7.12. The van der Waals surface area contributed by atoms with Crippen molar-refractivity contribution in [2.75, 3.05) is 6.54 Å². The minimum absolute atomic E-state index is 0.270. The van der Waals surface area contributed by atoms with Gasteiger partial charge in [0.1, 0.15) is 0 Å². The van der Waals surface area contributed by atoms with Gasteiger partial charge in [-0.25, -0.2) is 0 Å². The average molecular weight is 159 g/mol. The highest BCUT2D eigenvalue weighted by Gasteiger charge is 2.18. The van der Waals surface area contributed by atoms with Crippen LogP contribution in [0, 0.1) is 0 Å². The number of hydrogen-bond acceptors (Lipinski definition) is 3. The van der Waals surface area contributed by atoms with Crippen LogP contribution in [0.4, 0.5) is 0 Å². The molecule has 66 valence electrons. The fourth-order valence-corrected chi connectivity index (χ4v) is 0.964. The van der Waals surface area contributed by atoms with Crippen molar-refractivity contribution in [3.8, 4) is 0 Å². The Morgan fingerprint density at radius 1 is 1.36 bits per heavy atom. The van der Waals surface area contributed by atoms with E-state index < -0.39 is 12.2 Å². The number of nitrogens with one attached hydrogen (secondary N) is 1. The quantitative estimate of drug-likeness (QED) is 0.491. The molecule has 0 rings (SSSR count). The van der Waals surface area contributed by atoms with Crippen molar-refractivity contribution in [2.45, 2.75) is 32.1 Å². The predicted octanol–water partition coefficient (Wildman–Crippen LogP) is -0.108. The maximum Gasteiger partial charge on any atom is 0.0690 e. The van der Waals surface area contributed by atoms with Crippen LogP contribution in [0.2, 0.25) is 0 Å². The molecule has 0 spiro atoms. The number of hydrogen-bond donors (Lipinski definition) is 3. The van der Waals surface area contributed by atoms with E-state index in [0.717, 1.165) is 0 Å². The van der Waals surface area contributed by atoms with Gasteiger partial charge in [-0.3, -0.25) is 0 Å². The topological polar surface area (TPSA) is 52.5 Å². The highest BCUT2D eigenvalue weighted by atomic mass is 16.3. The van der Waals surface area contributed by atoms with Crippen molar-refractivity contribution >= 4 is 0 Å². The number of rotatable bonds is 5. The van der Waals surface area contributed by atoms with Gasteiger partial charge in [0.2, 0.25) is 0 Å². The van der Waals surface area contributed by atoms with Gasteiger partial charge in [-0.15, -0.1) is 6.58 Å². The first-order chi connectivity index (χ1) is 5.09. The maximum atomic E-state index is 9.15. The largest absolute Gasteiger partial charge is 0.392 e. The molecule has 0 aromatic carbocycles. The molecule has 2 unspecified atom stereocenters. The molecule has 3 heteroatoms. The molecule has 0 fully saturated rings. The third kappa shape index (κ3) is 4.14. The van der Waals surface area contributed by atoms with Crippen molar-refractivity contribution in [3.63, 3.8) is 0 Å². The van der Waals surface area contributed by atoms with Crippen LogP contribution >= 0.6 is 0 Å². The lowest BCUT2D eigenvalue weighted by Gasteiger charge is -2.23. The van der Waals surface area contributed by atoms with Crippen molar-refractivity contribution < 1.29 is 10.2 Å². The van der Waals surface area contributed by atoms with E-state index in [2.05, 4.69) is 11.9 Å². The lowest BCUT2D eigenvalue weighted by atomic mass is 10.1. The molecule has 0 aromatic heterocycles. The second-order valence-electron chi connectivity index (χ2n) is 2.70. The Kier molecular flexibility index (Phi) is 5.11. The summed E-state index contributed by atoms with van der Waals surface area (Å²) >= 11 is 0. The fourth-order valence-electron chi connectivity index (χ4n) is 0.964. The Morgan fingerprint density at radius 3 is 2.09 bits per heavy atom. The van der Waals surface area contributed by atoms with E-state index in [1.165, 1.54) is 0 Å². The summed E-state index contributed by atoms with van der Waals surface area (Å²) in [5.41, 5.74) is 0. The van der Waals surface area contributed by atoms with Crippen LogP contribution in [0.1, 0.15) is 13.8 Å². The standard InChI is InChI=1S/C8H17NO2/c1-4-5-9-8(6(2)10)7(3)11/h4,6-11H,1,5H2,2-3H3. The maximum absolute atomic E-state index is 9.15. The summed E-state index contributed by atoms with van der Waals surface area (Å²) in [6.07, 6.45) is 0.600. The first kappa shape index (κ1) is 10.6. The molecule has 3 nitrogen and oxygen atoms in total. The molecule has 0 heterocycles. The van der Waals surface area contributed by atoms with E-state index in [-0.39, 0.29) is 6.04 Å². The van der Waals surface area contributed by atoms with E-state index in [0.29, 0.717) is 6.54 Å². The van der Waals surface area contributed by atoms with Gasteiger partial charge in [-0.05, 0) is 13.8 Å². The lowest BCUT2D eigenvalue weighted by Crippen LogP contribution is -2.46. The number of aliphatic hydroxyl groups is 2. The zero-order chi connectivity index (χ0) is 8.85. The molecule has 11 heavy (non-hydrogen) atoms. The molecular formula is C8H17NO2. The molecule has 0 saturated heterocycles. The van der Waals surface area contributed by atoms with Gasteiger partial charge >= 0.3 is 0 Å².